The lowest BCUT2D eigenvalue weighted by atomic mass is 10.3. The van der Waals surface area contributed by atoms with Crippen molar-refractivity contribution in [2.45, 2.75) is 25.2 Å². The van der Waals surface area contributed by atoms with E-state index in [1.54, 1.807) is 0 Å². The maximum atomic E-state index is 12.9. The Morgan fingerprint density at radius 1 is 1.28 bits per heavy atom. The highest BCUT2D eigenvalue weighted by atomic mass is 32.2. The van der Waals surface area contributed by atoms with E-state index in [0.717, 1.165) is 4.90 Å². The highest BCUT2D eigenvalue weighted by molar-refractivity contribution is 7.89. The highest BCUT2D eigenvalue weighted by Gasteiger charge is 2.40. The number of likely N-dealkylation sites (tertiary alicyclic amines) is 1. The average Bonchev–Trinajstić information content (AvgIpc) is 2.78. The second-order valence-corrected chi connectivity index (χ2v) is 6.83. The lowest BCUT2D eigenvalue weighted by molar-refractivity contribution is -0.131. The third-order valence-corrected chi connectivity index (χ3v) is 5.26. The molecule has 0 saturated carbocycles. The summed E-state index contributed by atoms with van der Waals surface area (Å²) in [7, 11) is -3.21. The number of hydrogen-bond donors (Lipinski definition) is 0. The fourth-order valence-electron chi connectivity index (χ4n) is 2.27. The van der Waals surface area contributed by atoms with Gasteiger partial charge in [0, 0.05) is 32.5 Å². The van der Waals surface area contributed by atoms with Crippen LogP contribution in [0, 0.1) is 0 Å². The lowest BCUT2D eigenvalue weighted by Gasteiger charge is -2.18. The fraction of sp³-hybridized carbons (Fsp3) is 0.900. The first-order valence-electron chi connectivity index (χ1n) is 5.94. The van der Waals surface area contributed by atoms with E-state index in [9.17, 15) is 22.0 Å². The van der Waals surface area contributed by atoms with E-state index in [2.05, 4.69) is 0 Å². The summed E-state index contributed by atoms with van der Waals surface area (Å²) in [5.74, 6) is -3.08. The molecule has 0 aromatic heterocycles. The molecule has 2 rings (SSSR count). The van der Waals surface area contributed by atoms with Crippen LogP contribution in [0.15, 0.2) is 0 Å². The molecule has 2 aliphatic rings. The Kier molecular flexibility index (Phi) is 3.59. The maximum absolute atomic E-state index is 12.9. The molecular formula is C10H16F2N2O3S. The zero-order chi connectivity index (χ0) is 13.4. The predicted molar refractivity (Wildman–Crippen MR) is 60.7 cm³/mol. The van der Waals surface area contributed by atoms with Gasteiger partial charge in [0.25, 0.3) is 5.92 Å². The summed E-state index contributed by atoms with van der Waals surface area (Å²) in [6, 6.07) is 0. The minimum Gasteiger partial charge on any atom is -0.336 e. The van der Waals surface area contributed by atoms with Crippen molar-refractivity contribution < 1.29 is 22.0 Å². The standard InChI is InChI=1S/C10H16F2N2O3S/c11-10(12)3-6-13(8-10)9(15)2-5-14-4-1-7-18(14,16)17/h1-8H2. The molecule has 18 heavy (non-hydrogen) atoms. The summed E-state index contributed by atoms with van der Waals surface area (Å²) < 4.78 is 50.1. The van der Waals surface area contributed by atoms with Crippen LogP contribution in [0.4, 0.5) is 8.78 Å². The first kappa shape index (κ1) is 13.7. The first-order chi connectivity index (χ1) is 8.30. The number of carbonyl (C=O) groups excluding carboxylic acids is 1. The predicted octanol–water partition coefficient (Wildman–Crippen LogP) is 0.280. The van der Waals surface area contributed by atoms with Gasteiger partial charge < -0.3 is 4.90 Å². The number of rotatable bonds is 3. The zero-order valence-electron chi connectivity index (χ0n) is 9.94. The molecule has 0 spiro atoms. The SMILES string of the molecule is O=C(CCN1CCCS1(=O)=O)N1CCC(F)(F)C1. The Hall–Kier alpha value is -0.760. The summed E-state index contributed by atoms with van der Waals surface area (Å²) in [5, 5.41) is 0. The Balaban J connectivity index is 1.83. The molecule has 2 fully saturated rings. The maximum Gasteiger partial charge on any atom is 0.267 e. The highest BCUT2D eigenvalue weighted by Crippen LogP contribution is 2.27. The molecule has 8 heteroatoms. The molecule has 0 unspecified atom stereocenters. The van der Waals surface area contributed by atoms with Crippen LogP contribution in [0.2, 0.25) is 0 Å². The summed E-state index contributed by atoms with van der Waals surface area (Å²) in [6.07, 6.45) is 0.244. The minimum atomic E-state index is -3.21. The molecule has 0 aromatic carbocycles. The van der Waals surface area contributed by atoms with E-state index in [-0.39, 0.29) is 31.7 Å². The number of sulfonamides is 1. The molecular weight excluding hydrogens is 266 g/mol. The van der Waals surface area contributed by atoms with Gasteiger partial charge in [-0.3, -0.25) is 4.79 Å². The molecule has 0 aromatic rings. The molecule has 104 valence electrons. The van der Waals surface area contributed by atoms with Gasteiger partial charge >= 0.3 is 0 Å². The fourth-order valence-corrected chi connectivity index (χ4v) is 3.80. The van der Waals surface area contributed by atoms with Gasteiger partial charge in [0.05, 0.1) is 12.3 Å². The number of alkyl halides is 2. The van der Waals surface area contributed by atoms with Crippen LogP contribution in [-0.4, -0.2) is 61.4 Å². The first-order valence-corrected chi connectivity index (χ1v) is 7.55. The van der Waals surface area contributed by atoms with Crippen molar-refractivity contribution in [1.82, 2.24) is 9.21 Å². The van der Waals surface area contributed by atoms with E-state index in [1.807, 2.05) is 0 Å². The largest absolute Gasteiger partial charge is 0.336 e. The van der Waals surface area contributed by atoms with Gasteiger partial charge in [-0.1, -0.05) is 0 Å². The van der Waals surface area contributed by atoms with Crippen molar-refractivity contribution in [3.63, 3.8) is 0 Å². The van der Waals surface area contributed by atoms with E-state index in [4.69, 9.17) is 0 Å². The summed E-state index contributed by atoms with van der Waals surface area (Å²) in [5.41, 5.74) is 0. The topological polar surface area (TPSA) is 57.7 Å². The second kappa shape index (κ2) is 4.73. The van der Waals surface area contributed by atoms with Crippen LogP contribution in [0.25, 0.3) is 0 Å². The molecule has 2 aliphatic heterocycles. The van der Waals surface area contributed by atoms with Gasteiger partial charge in [0.1, 0.15) is 0 Å². The number of carbonyl (C=O) groups is 1. The minimum absolute atomic E-state index is 0.0185. The second-order valence-electron chi connectivity index (χ2n) is 4.74. The van der Waals surface area contributed by atoms with Gasteiger partial charge in [-0.2, -0.15) is 0 Å². The summed E-state index contributed by atoms with van der Waals surface area (Å²) >= 11 is 0. The zero-order valence-corrected chi connectivity index (χ0v) is 10.8. The van der Waals surface area contributed by atoms with Crippen LogP contribution in [0.5, 0.6) is 0 Å². The van der Waals surface area contributed by atoms with E-state index >= 15 is 0 Å². The van der Waals surface area contributed by atoms with Crippen LogP contribution in [0.1, 0.15) is 19.3 Å². The van der Waals surface area contributed by atoms with Gasteiger partial charge in [-0.15, -0.1) is 0 Å². The van der Waals surface area contributed by atoms with Crippen molar-refractivity contribution in [1.29, 1.82) is 0 Å². The molecule has 5 nitrogen and oxygen atoms in total. The number of nitrogens with zero attached hydrogens (tertiary/aromatic N) is 2. The molecule has 0 atom stereocenters. The van der Waals surface area contributed by atoms with E-state index < -0.39 is 28.4 Å². The van der Waals surface area contributed by atoms with Gasteiger partial charge in [-0.25, -0.2) is 21.5 Å². The van der Waals surface area contributed by atoms with E-state index in [0.29, 0.717) is 13.0 Å². The summed E-state index contributed by atoms with van der Waals surface area (Å²) in [6.45, 7) is 0.0339. The van der Waals surface area contributed by atoms with Crippen LogP contribution >= 0.6 is 0 Å². The number of amides is 1. The average molecular weight is 282 g/mol. The Bertz CT molecular complexity index is 438. The summed E-state index contributed by atoms with van der Waals surface area (Å²) in [4.78, 5) is 12.8. The molecule has 2 heterocycles. The molecule has 0 N–H and O–H groups in total. The molecule has 1 amide bonds. The van der Waals surface area contributed by atoms with Crippen molar-refractivity contribution >= 4 is 15.9 Å². The Morgan fingerprint density at radius 2 is 2.00 bits per heavy atom. The Morgan fingerprint density at radius 3 is 2.50 bits per heavy atom. The third-order valence-electron chi connectivity index (χ3n) is 3.30. The lowest BCUT2D eigenvalue weighted by Crippen LogP contribution is -2.35. The van der Waals surface area contributed by atoms with Crippen molar-refractivity contribution in [2.75, 3.05) is 31.9 Å². The quantitative estimate of drug-likeness (QED) is 0.747. The van der Waals surface area contributed by atoms with Crippen molar-refractivity contribution in [3.8, 4) is 0 Å². The molecule has 2 saturated heterocycles. The van der Waals surface area contributed by atoms with Crippen LogP contribution in [-0.2, 0) is 14.8 Å². The number of hydrogen-bond acceptors (Lipinski definition) is 3. The van der Waals surface area contributed by atoms with Gasteiger partial charge in [-0.05, 0) is 6.42 Å². The van der Waals surface area contributed by atoms with Gasteiger partial charge in [0.2, 0.25) is 15.9 Å². The molecule has 0 radical (unpaired) electrons. The van der Waals surface area contributed by atoms with Crippen LogP contribution < -0.4 is 0 Å². The van der Waals surface area contributed by atoms with Gasteiger partial charge in [0.15, 0.2) is 0 Å². The molecule has 0 aliphatic carbocycles. The van der Waals surface area contributed by atoms with Crippen LogP contribution in [0.3, 0.4) is 0 Å². The molecule has 0 bridgehead atoms. The Labute approximate surface area is 105 Å². The number of halogens is 2. The third kappa shape index (κ3) is 2.97. The van der Waals surface area contributed by atoms with Crippen molar-refractivity contribution in [2.24, 2.45) is 0 Å². The smallest absolute Gasteiger partial charge is 0.267 e. The normalized spacial score (nSPS) is 26.7. The monoisotopic (exact) mass is 282 g/mol. The van der Waals surface area contributed by atoms with Crippen molar-refractivity contribution in [3.05, 3.63) is 0 Å². The van der Waals surface area contributed by atoms with E-state index in [1.165, 1.54) is 4.31 Å².